The van der Waals surface area contributed by atoms with Crippen LogP contribution in [0.1, 0.15) is 33.1 Å². The van der Waals surface area contributed by atoms with E-state index in [9.17, 15) is 4.79 Å². The minimum Gasteiger partial charge on any atom is -0.465 e. The minimum atomic E-state index is -0.580. The number of hydrogen-bond donors (Lipinski definition) is 1. The molecule has 5 nitrogen and oxygen atoms in total. The molecule has 1 N–H and O–H groups in total. The van der Waals surface area contributed by atoms with Gasteiger partial charge < -0.3 is 19.7 Å². The molecule has 2 unspecified atom stereocenters. The van der Waals surface area contributed by atoms with Crippen LogP contribution in [0.15, 0.2) is 0 Å². The largest absolute Gasteiger partial charge is 0.465 e. The normalized spacial score (nSPS) is 22.5. The summed E-state index contributed by atoms with van der Waals surface area (Å²) >= 11 is 0. The van der Waals surface area contributed by atoms with Gasteiger partial charge in [-0.3, -0.25) is 4.79 Å². The van der Waals surface area contributed by atoms with Crippen molar-refractivity contribution in [2.24, 2.45) is 0 Å². The molecule has 0 bridgehead atoms. The van der Waals surface area contributed by atoms with Crippen LogP contribution >= 0.6 is 0 Å². The average molecular weight is 272 g/mol. The van der Waals surface area contributed by atoms with Gasteiger partial charge in [-0.15, -0.1) is 0 Å². The van der Waals surface area contributed by atoms with Crippen molar-refractivity contribution in [2.75, 3.05) is 40.5 Å². The molecular weight excluding hydrogens is 244 g/mol. The zero-order valence-electron chi connectivity index (χ0n) is 12.7. The lowest BCUT2D eigenvalue weighted by molar-refractivity contribution is -0.150. The van der Waals surface area contributed by atoms with E-state index in [1.165, 1.54) is 0 Å². The van der Waals surface area contributed by atoms with Crippen molar-refractivity contribution >= 4 is 5.97 Å². The Hall–Kier alpha value is -0.650. The number of carbonyl (C=O) groups excluding carboxylic acids is 1. The van der Waals surface area contributed by atoms with Crippen molar-refractivity contribution in [2.45, 2.75) is 44.7 Å². The summed E-state index contributed by atoms with van der Waals surface area (Å²) in [5.41, 5.74) is -0.580. The van der Waals surface area contributed by atoms with E-state index in [0.29, 0.717) is 12.6 Å². The maximum atomic E-state index is 11.9. The highest BCUT2D eigenvalue weighted by Crippen LogP contribution is 2.16. The number of carbonyl (C=O) groups is 1. The molecule has 1 fully saturated rings. The number of nitrogens with zero attached hydrogens (tertiary/aromatic N) is 1. The lowest BCUT2D eigenvalue weighted by atomic mass is 9.96. The van der Waals surface area contributed by atoms with Gasteiger partial charge >= 0.3 is 5.97 Å². The van der Waals surface area contributed by atoms with E-state index in [0.717, 1.165) is 39.0 Å². The van der Waals surface area contributed by atoms with Gasteiger partial charge in [0.1, 0.15) is 5.54 Å². The van der Waals surface area contributed by atoms with Gasteiger partial charge in [-0.25, -0.2) is 0 Å². The quantitative estimate of drug-likeness (QED) is 0.669. The summed E-state index contributed by atoms with van der Waals surface area (Å²) in [6, 6.07) is 0.531. The first-order valence-electron chi connectivity index (χ1n) is 7.17. The Balaban J connectivity index is 2.34. The fraction of sp³-hybridized carbons (Fsp3) is 0.929. The van der Waals surface area contributed by atoms with Crippen molar-refractivity contribution in [1.82, 2.24) is 10.2 Å². The van der Waals surface area contributed by atoms with E-state index in [4.69, 9.17) is 9.47 Å². The Labute approximate surface area is 116 Å². The van der Waals surface area contributed by atoms with Gasteiger partial charge in [0, 0.05) is 12.6 Å². The summed E-state index contributed by atoms with van der Waals surface area (Å²) in [4.78, 5) is 14.2. The second-order valence-electron chi connectivity index (χ2n) is 5.40. The summed E-state index contributed by atoms with van der Waals surface area (Å²) in [7, 11) is 3.94. The molecular formula is C14H28N2O3. The number of rotatable bonds is 8. The number of likely N-dealkylation sites (N-methyl/N-ethyl adjacent to an activating group) is 2. The van der Waals surface area contributed by atoms with Crippen LogP contribution in [0.4, 0.5) is 0 Å². The van der Waals surface area contributed by atoms with Crippen LogP contribution in [0.5, 0.6) is 0 Å². The van der Waals surface area contributed by atoms with E-state index in [1.54, 1.807) is 0 Å². The van der Waals surface area contributed by atoms with E-state index in [-0.39, 0.29) is 5.97 Å². The lowest BCUT2D eigenvalue weighted by Crippen LogP contribution is -2.49. The Morgan fingerprint density at radius 2 is 2.32 bits per heavy atom. The van der Waals surface area contributed by atoms with Gasteiger partial charge in [-0.1, -0.05) is 0 Å². The molecule has 1 rings (SSSR count). The molecule has 0 spiro atoms. The number of hydrogen-bond acceptors (Lipinski definition) is 5. The first-order chi connectivity index (χ1) is 9.03. The predicted molar refractivity (Wildman–Crippen MR) is 75.2 cm³/mol. The highest BCUT2D eigenvalue weighted by atomic mass is 16.5. The number of ether oxygens (including phenoxy) is 2. The van der Waals surface area contributed by atoms with E-state index >= 15 is 0 Å². The average Bonchev–Trinajstić information content (AvgIpc) is 2.92. The molecule has 1 heterocycles. The summed E-state index contributed by atoms with van der Waals surface area (Å²) in [6.45, 7) is 6.84. The SMILES string of the molecule is CCOC(=O)C(C)(CCCN(C)C1CCOC1)NC. The van der Waals surface area contributed by atoms with Gasteiger partial charge in [0.25, 0.3) is 0 Å². The highest BCUT2D eigenvalue weighted by molar-refractivity contribution is 5.80. The third-order valence-corrected chi connectivity index (χ3v) is 3.99. The maximum Gasteiger partial charge on any atom is 0.326 e. The molecule has 0 saturated carbocycles. The number of esters is 1. The molecule has 1 aliphatic rings. The lowest BCUT2D eigenvalue weighted by Gasteiger charge is -2.28. The van der Waals surface area contributed by atoms with Crippen molar-refractivity contribution in [3.05, 3.63) is 0 Å². The zero-order chi connectivity index (χ0) is 14.3. The fourth-order valence-electron chi connectivity index (χ4n) is 2.35. The summed E-state index contributed by atoms with van der Waals surface area (Å²) in [6.07, 6.45) is 2.85. The van der Waals surface area contributed by atoms with Crippen molar-refractivity contribution in [1.29, 1.82) is 0 Å². The van der Waals surface area contributed by atoms with Gasteiger partial charge in [-0.2, -0.15) is 0 Å². The summed E-state index contributed by atoms with van der Waals surface area (Å²) in [5.74, 6) is -0.163. The Morgan fingerprint density at radius 1 is 1.58 bits per heavy atom. The fourth-order valence-corrected chi connectivity index (χ4v) is 2.35. The molecule has 0 amide bonds. The Morgan fingerprint density at radius 3 is 2.84 bits per heavy atom. The first-order valence-corrected chi connectivity index (χ1v) is 7.17. The Bertz CT molecular complexity index is 280. The summed E-state index contributed by atoms with van der Waals surface area (Å²) in [5, 5.41) is 3.09. The first kappa shape index (κ1) is 16.4. The molecule has 2 atom stereocenters. The van der Waals surface area contributed by atoms with Gasteiger partial charge in [0.2, 0.25) is 0 Å². The van der Waals surface area contributed by atoms with Crippen LogP contribution in [0.25, 0.3) is 0 Å². The van der Waals surface area contributed by atoms with Crippen LogP contribution < -0.4 is 5.32 Å². The van der Waals surface area contributed by atoms with Crippen LogP contribution in [-0.2, 0) is 14.3 Å². The zero-order valence-corrected chi connectivity index (χ0v) is 12.7. The number of nitrogens with one attached hydrogen (secondary N) is 1. The van der Waals surface area contributed by atoms with Crippen LogP contribution in [0.2, 0.25) is 0 Å². The molecule has 0 radical (unpaired) electrons. The minimum absolute atomic E-state index is 0.163. The molecule has 1 saturated heterocycles. The van der Waals surface area contributed by atoms with Crippen molar-refractivity contribution in [3.63, 3.8) is 0 Å². The molecule has 1 aliphatic heterocycles. The molecule has 19 heavy (non-hydrogen) atoms. The monoisotopic (exact) mass is 272 g/mol. The van der Waals surface area contributed by atoms with E-state index in [1.807, 2.05) is 20.9 Å². The molecule has 0 aromatic rings. The van der Waals surface area contributed by atoms with E-state index in [2.05, 4.69) is 17.3 Å². The topological polar surface area (TPSA) is 50.8 Å². The molecule has 5 heteroatoms. The standard InChI is InChI=1S/C14H28N2O3/c1-5-19-13(17)14(2,15-3)8-6-9-16(4)12-7-10-18-11-12/h12,15H,5-11H2,1-4H3. The summed E-state index contributed by atoms with van der Waals surface area (Å²) < 4.78 is 10.5. The van der Waals surface area contributed by atoms with Crippen molar-refractivity contribution in [3.8, 4) is 0 Å². The van der Waals surface area contributed by atoms with Crippen molar-refractivity contribution < 1.29 is 14.3 Å². The predicted octanol–water partition coefficient (Wildman–Crippen LogP) is 1.03. The molecule has 0 aliphatic carbocycles. The molecule has 0 aromatic carbocycles. The Kier molecular flexibility index (Phi) is 6.75. The maximum absolute atomic E-state index is 11.9. The van der Waals surface area contributed by atoms with Crippen LogP contribution in [0, 0.1) is 0 Å². The third kappa shape index (κ3) is 4.75. The second-order valence-corrected chi connectivity index (χ2v) is 5.40. The van der Waals surface area contributed by atoms with Gasteiger partial charge in [-0.05, 0) is 53.8 Å². The smallest absolute Gasteiger partial charge is 0.326 e. The third-order valence-electron chi connectivity index (χ3n) is 3.99. The molecule has 0 aromatic heterocycles. The van der Waals surface area contributed by atoms with Crippen LogP contribution in [0.3, 0.4) is 0 Å². The molecule has 112 valence electrons. The van der Waals surface area contributed by atoms with E-state index < -0.39 is 5.54 Å². The second kappa shape index (κ2) is 7.82. The van der Waals surface area contributed by atoms with Crippen LogP contribution in [-0.4, -0.2) is 62.9 Å². The van der Waals surface area contributed by atoms with Gasteiger partial charge in [0.05, 0.1) is 13.2 Å². The van der Waals surface area contributed by atoms with Gasteiger partial charge in [0.15, 0.2) is 0 Å². The highest BCUT2D eigenvalue weighted by Gasteiger charge is 2.32.